The molecule has 62 heavy (non-hydrogen) atoms. The van der Waals surface area contributed by atoms with E-state index in [1.54, 1.807) is 0 Å². The largest absolute Gasteiger partial charge is 0.278 e. The third-order valence-corrected chi connectivity index (χ3v) is 12.0. The van der Waals surface area contributed by atoms with Crippen molar-refractivity contribution in [3.8, 4) is 67.8 Å². The molecular weight excluding hydrogens is 755 g/mol. The molecule has 5 nitrogen and oxygen atoms in total. The number of nitrogens with zero attached hydrogens (tertiary/aromatic N) is 5. The topological polar surface area (TPSA) is 48.5 Å². The van der Waals surface area contributed by atoms with Gasteiger partial charge >= 0.3 is 0 Å². The summed E-state index contributed by atoms with van der Waals surface area (Å²) in [5.74, 6) is 1.71. The van der Waals surface area contributed by atoms with E-state index in [0.717, 1.165) is 71.4 Å². The van der Waals surface area contributed by atoms with Crippen LogP contribution in [0.2, 0.25) is 0 Å². The number of para-hydroxylation sites is 4. The summed E-state index contributed by atoms with van der Waals surface area (Å²) >= 11 is 0. The van der Waals surface area contributed by atoms with Gasteiger partial charge < -0.3 is 0 Å². The Morgan fingerprint density at radius 3 is 0.984 bits per heavy atom. The number of rotatable bonds is 7. The Bertz CT molecular complexity index is 3330. The molecule has 0 aliphatic carbocycles. The van der Waals surface area contributed by atoms with Crippen LogP contribution in [0.1, 0.15) is 0 Å². The first-order chi connectivity index (χ1) is 30.7. The van der Waals surface area contributed by atoms with Crippen molar-refractivity contribution in [1.29, 1.82) is 0 Å². The van der Waals surface area contributed by atoms with Gasteiger partial charge in [0.2, 0.25) is 11.9 Å². The standard InChI is InChI=1S/C57H37N5/c1-3-17-38(18-4-1)42-35-43(39-19-5-2-6-20-39)37-44(36-42)40-31-33-41(34-32-40)45-21-7-8-26-50(45)55-58-56(61-51-27-13-9-22-46(51)47-23-10-14-28-52(47)61)60-57(59-55)62-53-29-15-11-24-48(53)49-25-12-16-30-54(49)62/h1-37H. The quantitative estimate of drug-likeness (QED) is 0.162. The van der Waals surface area contributed by atoms with Gasteiger partial charge in [0.1, 0.15) is 0 Å². The van der Waals surface area contributed by atoms with Crippen LogP contribution < -0.4 is 0 Å². The molecule has 0 unspecified atom stereocenters. The minimum absolute atomic E-state index is 0.557. The first-order valence-electron chi connectivity index (χ1n) is 20.9. The summed E-state index contributed by atoms with van der Waals surface area (Å²) in [6.45, 7) is 0. The normalized spacial score (nSPS) is 11.5. The van der Waals surface area contributed by atoms with Gasteiger partial charge in [0, 0.05) is 27.1 Å². The summed E-state index contributed by atoms with van der Waals surface area (Å²) < 4.78 is 4.36. The maximum Gasteiger partial charge on any atom is 0.240 e. The van der Waals surface area contributed by atoms with Crippen LogP contribution in [0.5, 0.6) is 0 Å². The summed E-state index contributed by atoms with van der Waals surface area (Å²) in [4.78, 5) is 16.1. The highest BCUT2D eigenvalue weighted by Crippen LogP contribution is 2.38. The number of fused-ring (bicyclic) bond motifs is 6. The predicted molar refractivity (Wildman–Crippen MR) is 256 cm³/mol. The van der Waals surface area contributed by atoms with E-state index in [0.29, 0.717) is 17.7 Å². The second-order valence-corrected chi connectivity index (χ2v) is 15.7. The summed E-state index contributed by atoms with van der Waals surface area (Å²) in [6, 6.07) is 79.4. The minimum Gasteiger partial charge on any atom is -0.278 e. The van der Waals surface area contributed by atoms with Crippen LogP contribution in [0.3, 0.4) is 0 Å². The molecule has 0 saturated heterocycles. The van der Waals surface area contributed by atoms with Gasteiger partial charge in [-0.05, 0) is 87.0 Å². The highest BCUT2D eigenvalue weighted by molar-refractivity contribution is 6.10. The molecule has 0 saturated carbocycles. The van der Waals surface area contributed by atoms with Gasteiger partial charge in [-0.2, -0.15) is 15.0 Å². The van der Waals surface area contributed by atoms with Gasteiger partial charge in [-0.15, -0.1) is 0 Å². The molecule has 3 heterocycles. The van der Waals surface area contributed by atoms with E-state index < -0.39 is 0 Å². The molecule has 0 aliphatic rings. The third-order valence-electron chi connectivity index (χ3n) is 12.0. The van der Waals surface area contributed by atoms with Crippen molar-refractivity contribution in [2.75, 3.05) is 0 Å². The third kappa shape index (κ3) is 5.98. The zero-order chi connectivity index (χ0) is 41.0. The summed E-state index contributed by atoms with van der Waals surface area (Å²) in [5.41, 5.74) is 14.2. The average Bonchev–Trinajstić information content (AvgIpc) is 3.88. The van der Waals surface area contributed by atoms with Crippen LogP contribution in [0.4, 0.5) is 0 Å². The van der Waals surface area contributed by atoms with Gasteiger partial charge in [0.05, 0.1) is 22.1 Å². The van der Waals surface area contributed by atoms with E-state index in [2.05, 4.69) is 234 Å². The van der Waals surface area contributed by atoms with Crippen LogP contribution in [0.15, 0.2) is 224 Å². The van der Waals surface area contributed by atoms with Crippen LogP contribution in [0, 0.1) is 0 Å². The van der Waals surface area contributed by atoms with Gasteiger partial charge in [-0.1, -0.05) is 182 Å². The predicted octanol–water partition coefficient (Wildman–Crippen LogP) is 14.4. The van der Waals surface area contributed by atoms with Gasteiger partial charge in [0.25, 0.3) is 0 Å². The SMILES string of the molecule is c1ccc(-c2cc(-c3ccccc3)cc(-c3ccc(-c4ccccc4-c4nc(-n5c6ccccc6c6ccccc65)nc(-n5c6ccccc6c6ccccc65)n4)cc3)c2)cc1. The Morgan fingerprint density at radius 2 is 0.565 bits per heavy atom. The smallest absolute Gasteiger partial charge is 0.240 e. The molecule has 0 spiro atoms. The first kappa shape index (κ1) is 35.5. The van der Waals surface area contributed by atoms with Crippen molar-refractivity contribution in [2.45, 2.75) is 0 Å². The maximum absolute atomic E-state index is 5.37. The van der Waals surface area contributed by atoms with E-state index in [1.807, 2.05) is 0 Å². The molecule has 0 amide bonds. The zero-order valence-corrected chi connectivity index (χ0v) is 33.6. The molecule has 0 N–H and O–H groups in total. The lowest BCUT2D eigenvalue weighted by molar-refractivity contribution is 0.893. The van der Waals surface area contributed by atoms with Gasteiger partial charge in [-0.25, -0.2) is 0 Å². The number of hydrogen-bond donors (Lipinski definition) is 0. The van der Waals surface area contributed by atoms with Crippen molar-refractivity contribution >= 4 is 43.6 Å². The molecule has 290 valence electrons. The fourth-order valence-electron chi connectivity index (χ4n) is 9.11. The van der Waals surface area contributed by atoms with E-state index in [1.165, 1.54) is 22.3 Å². The minimum atomic E-state index is 0.557. The fourth-order valence-corrected chi connectivity index (χ4v) is 9.11. The summed E-state index contributed by atoms with van der Waals surface area (Å²) in [5, 5.41) is 4.59. The molecule has 12 aromatic rings. The Morgan fingerprint density at radius 1 is 0.242 bits per heavy atom. The van der Waals surface area contributed by atoms with Gasteiger partial charge in [0.15, 0.2) is 5.82 Å². The molecule has 0 radical (unpaired) electrons. The first-order valence-corrected chi connectivity index (χ1v) is 20.9. The average molecular weight is 792 g/mol. The molecule has 0 fully saturated rings. The highest BCUT2D eigenvalue weighted by atomic mass is 15.3. The van der Waals surface area contributed by atoms with E-state index >= 15 is 0 Å². The van der Waals surface area contributed by atoms with Crippen LogP contribution in [-0.2, 0) is 0 Å². The van der Waals surface area contributed by atoms with Crippen molar-refractivity contribution in [3.63, 3.8) is 0 Å². The van der Waals surface area contributed by atoms with Crippen LogP contribution in [0.25, 0.3) is 111 Å². The second-order valence-electron chi connectivity index (χ2n) is 15.7. The van der Waals surface area contributed by atoms with E-state index in [-0.39, 0.29) is 0 Å². The van der Waals surface area contributed by atoms with Crippen molar-refractivity contribution in [2.24, 2.45) is 0 Å². The maximum atomic E-state index is 5.37. The van der Waals surface area contributed by atoms with E-state index in [9.17, 15) is 0 Å². The van der Waals surface area contributed by atoms with Crippen molar-refractivity contribution in [3.05, 3.63) is 224 Å². The van der Waals surface area contributed by atoms with Crippen LogP contribution >= 0.6 is 0 Å². The Balaban J connectivity index is 1.04. The fraction of sp³-hybridized carbons (Fsp3) is 0. The van der Waals surface area contributed by atoms with Gasteiger partial charge in [-0.3, -0.25) is 9.13 Å². The monoisotopic (exact) mass is 791 g/mol. The molecule has 12 rings (SSSR count). The second kappa shape index (κ2) is 14.7. The lowest BCUT2D eigenvalue weighted by Crippen LogP contribution is -2.10. The molecule has 0 aliphatic heterocycles. The van der Waals surface area contributed by atoms with Crippen molar-refractivity contribution < 1.29 is 0 Å². The number of benzene rings is 9. The molecule has 0 bridgehead atoms. The van der Waals surface area contributed by atoms with Crippen LogP contribution in [-0.4, -0.2) is 24.1 Å². The summed E-state index contributed by atoms with van der Waals surface area (Å²) in [6.07, 6.45) is 0. The molecule has 9 aromatic carbocycles. The summed E-state index contributed by atoms with van der Waals surface area (Å²) in [7, 11) is 0. The lowest BCUT2D eigenvalue weighted by atomic mass is 9.92. The number of hydrogen-bond acceptors (Lipinski definition) is 3. The highest BCUT2D eigenvalue weighted by Gasteiger charge is 2.21. The Labute approximate surface area is 358 Å². The molecule has 0 atom stereocenters. The van der Waals surface area contributed by atoms with E-state index in [4.69, 9.17) is 15.0 Å². The lowest BCUT2D eigenvalue weighted by Gasteiger charge is -2.15. The molecular formula is C57H37N5. The molecule has 5 heteroatoms. The molecule has 3 aromatic heterocycles. The number of aromatic nitrogens is 5. The zero-order valence-electron chi connectivity index (χ0n) is 33.6. The Hall–Kier alpha value is -8.41. The Kier molecular flexibility index (Phi) is 8.42. The van der Waals surface area contributed by atoms with Crippen molar-refractivity contribution in [1.82, 2.24) is 24.1 Å².